The smallest absolute Gasteiger partial charge is 0.252 e. The number of thiophene rings is 1. The summed E-state index contributed by atoms with van der Waals surface area (Å²) >= 11 is 1.05. The fourth-order valence-electron chi connectivity index (χ4n) is 4.37. The Hall–Kier alpha value is -2.32. The van der Waals surface area contributed by atoms with Gasteiger partial charge in [-0.1, -0.05) is 0 Å². The molecule has 13 heteroatoms. The number of aromatic nitrogens is 2. The molecule has 4 heterocycles. The largest absolute Gasteiger partial charge is 0.391 e. The van der Waals surface area contributed by atoms with Crippen LogP contribution in [0.3, 0.4) is 0 Å². The first-order valence-corrected chi connectivity index (χ1v) is 13.8. The Bertz CT molecular complexity index is 1180. The first-order chi connectivity index (χ1) is 16.3. The number of amides is 1. The van der Waals surface area contributed by atoms with E-state index in [-0.39, 0.29) is 29.2 Å². The lowest BCUT2D eigenvalue weighted by Crippen LogP contribution is -2.66. The van der Waals surface area contributed by atoms with Crippen molar-refractivity contribution >= 4 is 38.2 Å². The number of rotatable bonds is 6. The molecule has 0 spiro atoms. The molecule has 1 amide bonds. The molecule has 2 aliphatic rings. The van der Waals surface area contributed by atoms with Crippen LogP contribution in [0.25, 0.3) is 0 Å². The lowest BCUT2D eigenvalue weighted by Gasteiger charge is -2.47. The number of hydrogen-bond donors (Lipinski definition) is 3. The van der Waals surface area contributed by atoms with E-state index < -0.39 is 21.2 Å². The summed E-state index contributed by atoms with van der Waals surface area (Å²) in [4.78, 5) is 25.6. The standard InChI is InChI=1S/C22H33N7O4S2/c1-21(2)19(30)24-7-8-27(21)13-16-14-28(35(32,33)18-6-5-17(23)34-18)9-10-29(16)20-25-11-15(12-26-20)22(3,4)31/h5-6,11-12,16,31H,7-10,13-14,23H2,1-4H3,(H,24,30)/t16-/m0/s1. The van der Waals surface area contributed by atoms with Crippen molar-refractivity contribution in [2.45, 2.75) is 49.1 Å². The first-order valence-electron chi connectivity index (χ1n) is 11.5. The summed E-state index contributed by atoms with van der Waals surface area (Å²) in [6, 6.07) is 2.83. The number of carbonyl (C=O) groups is 1. The van der Waals surface area contributed by atoms with Crippen LogP contribution in [0.15, 0.2) is 28.7 Å². The monoisotopic (exact) mass is 523 g/mol. The predicted octanol–water partition coefficient (Wildman–Crippen LogP) is 0.438. The summed E-state index contributed by atoms with van der Waals surface area (Å²) < 4.78 is 28.4. The van der Waals surface area contributed by atoms with Crippen molar-refractivity contribution in [2.24, 2.45) is 0 Å². The molecule has 0 bridgehead atoms. The van der Waals surface area contributed by atoms with Gasteiger partial charge in [0.15, 0.2) is 0 Å². The highest BCUT2D eigenvalue weighted by Crippen LogP contribution is 2.30. The second-order valence-electron chi connectivity index (χ2n) is 9.96. The molecule has 0 unspecified atom stereocenters. The predicted molar refractivity (Wildman–Crippen MR) is 135 cm³/mol. The number of carbonyl (C=O) groups excluding carboxylic acids is 1. The molecule has 2 aliphatic heterocycles. The Kier molecular flexibility index (Phi) is 6.83. The molecule has 0 aromatic carbocycles. The lowest BCUT2D eigenvalue weighted by molar-refractivity contribution is -0.135. The van der Waals surface area contributed by atoms with Gasteiger partial charge in [0.1, 0.15) is 4.21 Å². The van der Waals surface area contributed by atoms with Crippen molar-refractivity contribution in [1.29, 1.82) is 0 Å². The number of nitrogens with zero attached hydrogens (tertiary/aromatic N) is 5. The minimum absolute atomic E-state index is 0.0598. The molecule has 4 rings (SSSR count). The SMILES string of the molecule is CC(C)(O)c1cnc(N2CCN(S(=O)(=O)c3ccc(N)s3)C[C@@H]2CN2CCNC(=O)C2(C)C)nc1. The van der Waals surface area contributed by atoms with Gasteiger partial charge in [-0.3, -0.25) is 9.69 Å². The highest BCUT2D eigenvalue weighted by Gasteiger charge is 2.42. The van der Waals surface area contributed by atoms with Gasteiger partial charge in [0.05, 0.1) is 22.2 Å². The van der Waals surface area contributed by atoms with E-state index in [2.05, 4.69) is 20.2 Å². The van der Waals surface area contributed by atoms with Crippen molar-refractivity contribution in [1.82, 2.24) is 24.5 Å². The van der Waals surface area contributed by atoms with Crippen LogP contribution in [0.4, 0.5) is 10.9 Å². The van der Waals surface area contributed by atoms with Gasteiger partial charge >= 0.3 is 0 Å². The van der Waals surface area contributed by atoms with Crippen LogP contribution in [-0.2, 0) is 20.4 Å². The van der Waals surface area contributed by atoms with Crippen LogP contribution in [0.5, 0.6) is 0 Å². The summed E-state index contributed by atoms with van der Waals surface area (Å²) in [6.07, 6.45) is 3.18. The number of aliphatic hydroxyl groups is 1. The van der Waals surface area contributed by atoms with E-state index in [9.17, 15) is 18.3 Å². The van der Waals surface area contributed by atoms with E-state index in [1.165, 1.54) is 10.4 Å². The highest BCUT2D eigenvalue weighted by molar-refractivity contribution is 7.91. The molecule has 35 heavy (non-hydrogen) atoms. The quantitative estimate of drug-likeness (QED) is 0.491. The maximum absolute atomic E-state index is 13.3. The van der Waals surface area contributed by atoms with Crippen LogP contribution >= 0.6 is 11.3 Å². The number of nitrogens with two attached hydrogens (primary N) is 1. The number of anilines is 2. The third-order valence-electron chi connectivity index (χ3n) is 6.69. The minimum Gasteiger partial charge on any atom is -0.391 e. The molecule has 2 aromatic rings. The molecule has 2 fully saturated rings. The molecule has 192 valence electrons. The van der Waals surface area contributed by atoms with Gasteiger partial charge in [0.2, 0.25) is 11.9 Å². The Balaban J connectivity index is 1.64. The summed E-state index contributed by atoms with van der Waals surface area (Å²) in [6.45, 7) is 9.55. The van der Waals surface area contributed by atoms with E-state index in [1.807, 2.05) is 18.7 Å². The molecule has 2 saturated heterocycles. The molecule has 4 N–H and O–H groups in total. The zero-order valence-corrected chi connectivity index (χ0v) is 22.1. The van der Waals surface area contributed by atoms with Crippen molar-refractivity contribution in [3.8, 4) is 0 Å². The van der Waals surface area contributed by atoms with Gasteiger partial charge in [0.25, 0.3) is 10.0 Å². The van der Waals surface area contributed by atoms with Gasteiger partial charge < -0.3 is 21.1 Å². The zero-order chi connectivity index (χ0) is 25.6. The summed E-state index contributed by atoms with van der Waals surface area (Å²) in [5.41, 5.74) is 4.57. The molecular formula is C22H33N7O4S2. The maximum atomic E-state index is 13.3. The van der Waals surface area contributed by atoms with Crippen molar-refractivity contribution in [2.75, 3.05) is 49.9 Å². The Morgan fingerprint density at radius 2 is 1.91 bits per heavy atom. The number of piperazine rings is 2. The fraction of sp³-hybridized carbons (Fsp3) is 0.591. The molecule has 0 radical (unpaired) electrons. The van der Waals surface area contributed by atoms with Crippen LogP contribution in [-0.4, -0.2) is 89.5 Å². The van der Waals surface area contributed by atoms with E-state index in [4.69, 9.17) is 5.73 Å². The lowest BCUT2D eigenvalue weighted by atomic mass is 9.97. The average Bonchev–Trinajstić information content (AvgIpc) is 3.24. The maximum Gasteiger partial charge on any atom is 0.252 e. The van der Waals surface area contributed by atoms with E-state index in [1.54, 1.807) is 32.3 Å². The number of nitrogens with one attached hydrogen (secondary N) is 1. The van der Waals surface area contributed by atoms with Crippen molar-refractivity contribution in [3.05, 3.63) is 30.1 Å². The Morgan fingerprint density at radius 1 is 1.23 bits per heavy atom. The summed E-state index contributed by atoms with van der Waals surface area (Å²) in [7, 11) is -3.71. The van der Waals surface area contributed by atoms with E-state index in [0.717, 1.165) is 11.3 Å². The fourth-order valence-corrected chi connectivity index (χ4v) is 7.08. The second kappa shape index (κ2) is 9.28. The Morgan fingerprint density at radius 3 is 2.51 bits per heavy atom. The second-order valence-corrected chi connectivity index (χ2v) is 13.2. The first kappa shape index (κ1) is 25.8. The van der Waals surface area contributed by atoms with Gasteiger partial charge in [-0.25, -0.2) is 18.4 Å². The number of sulfonamides is 1. The number of nitrogen functional groups attached to an aromatic ring is 1. The topological polar surface area (TPSA) is 145 Å². The van der Waals surface area contributed by atoms with Gasteiger partial charge in [-0.05, 0) is 39.8 Å². The number of hydrogen-bond acceptors (Lipinski definition) is 10. The average molecular weight is 524 g/mol. The molecular weight excluding hydrogens is 490 g/mol. The van der Waals surface area contributed by atoms with E-state index >= 15 is 0 Å². The van der Waals surface area contributed by atoms with Gasteiger partial charge in [-0.2, -0.15) is 4.31 Å². The third kappa shape index (κ3) is 5.14. The highest BCUT2D eigenvalue weighted by atomic mass is 32.2. The van der Waals surface area contributed by atoms with Crippen molar-refractivity contribution in [3.63, 3.8) is 0 Å². The van der Waals surface area contributed by atoms with Crippen LogP contribution in [0.2, 0.25) is 0 Å². The van der Waals surface area contributed by atoms with Crippen LogP contribution < -0.4 is 16.0 Å². The summed E-state index contributed by atoms with van der Waals surface area (Å²) in [5.74, 6) is 0.398. The van der Waals surface area contributed by atoms with Crippen molar-refractivity contribution < 1.29 is 18.3 Å². The summed E-state index contributed by atoms with van der Waals surface area (Å²) in [5, 5.41) is 13.6. The molecule has 0 aliphatic carbocycles. The van der Waals surface area contributed by atoms with Crippen LogP contribution in [0, 0.1) is 0 Å². The zero-order valence-electron chi connectivity index (χ0n) is 20.4. The van der Waals surface area contributed by atoms with Crippen LogP contribution in [0.1, 0.15) is 33.3 Å². The van der Waals surface area contributed by atoms with Gasteiger partial charge in [-0.15, -0.1) is 11.3 Å². The normalized spacial score (nSPS) is 22.3. The Labute approximate surface area is 210 Å². The van der Waals surface area contributed by atoms with E-state index in [0.29, 0.717) is 42.7 Å². The molecule has 1 atom stereocenters. The minimum atomic E-state index is -3.71. The molecule has 2 aromatic heterocycles. The van der Waals surface area contributed by atoms with Gasteiger partial charge in [0, 0.05) is 57.2 Å². The third-order valence-corrected chi connectivity index (χ3v) is 9.93. The molecule has 0 saturated carbocycles. The molecule has 11 nitrogen and oxygen atoms in total.